The van der Waals surface area contributed by atoms with E-state index in [4.69, 9.17) is 4.74 Å². The lowest BCUT2D eigenvalue weighted by Crippen LogP contribution is -2.43. The maximum Gasteiger partial charge on any atom is 0.310 e. The number of nitrogens with zero attached hydrogens (tertiary/aromatic N) is 1. The van der Waals surface area contributed by atoms with Crippen LogP contribution in [0.2, 0.25) is 0 Å². The summed E-state index contributed by atoms with van der Waals surface area (Å²) in [7, 11) is 1.40. The van der Waals surface area contributed by atoms with Crippen LogP contribution in [0.5, 0.6) is 0 Å². The number of hydrogen-bond acceptors (Lipinski definition) is 3. The van der Waals surface area contributed by atoms with Crippen molar-refractivity contribution in [1.82, 2.24) is 4.90 Å². The van der Waals surface area contributed by atoms with E-state index in [1.54, 1.807) is 0 Å². The van der Waals surface area contributed by atoms with Crippen molar-refractivity contribution in [3.05, 3.63) is 35.4 Å². The molecule has 1 amide bonds. The number of ether oxygens (including phenoxy) is 1. The molecule has 0 spiro atoms. The van der Waals surface area contributed by atoms with E-state index in [9.17, 15) is 9.59 Å². The van der Waals surface area contributed by atoms with E-state index >= 15 is 0 Å². The quantitative estimate of drug-likeness (QED) is 0.718. The maximum atomic E-state index is 12.8. The van der Waals surface area contributed by atoms with Crippen molar-refractivity contribution in [2.75, 3.05) is 13.7 Å². The van der Waals surface area contributed by atoms with Crippen LogP contribution in [0.15, 0.2) is 24.3 Å². The van der Waals surface area contributed by atoms with Gasteiger partial charge in [-0.3, -0.25) is 9.59 Å². The molecule has 1 fully saturated rings. The average molecular weight is 331 g/mol. The summed E-state index contributed by atoms with van der Waals surface area (Å²) < 4.78 is 4.82. The summed E-state index contributed by atoms with van der Waals surface area (Å²) >= 11 is 0. The molecule has 1 unspecified atom stereocenters. The SMILES string of the molecule is COC(=O)C(C)CN(C(=O)CCc1ccc(C)cc1)C1CCCC1. The first kappa shape index (κ1) is 18.5. The third-order valence-electron chi connectivity index (χ3n) is 4.91. The minimum Gasteiger partial charge on any atom is -0.469 e. The standard InChI is InChI=1S/C20H29NO3/c1-15-8-10-17(11-9-15)12-13-19(22)21(18-6-4-5-7-18)14-16(2)20(23)24-3/h8-11,16,18H,4-7,12-14H2,1-3H3. The Morgan fingerprint density at radius 1 is 1.21 bits per heavy atom. The number of carbonyl (C=O) groups excluding carboxylic acids is 2. The van der Waals surface area contributed by atoms with Gasteiger partial charge in [-0.15, -0.1) is 0 Å². The zero-order chi connectivity index (χ0) is 17.5. The van der Waals surface area contributed by atoms with Gasteiger partial charge in [-0.25, -0.2) is 0 Å². The smallest absolute Gasteiger partial charge is 0.310 e. The van der Waals surface area contributed by atoms with Gasteiger partial charge < -0.3 is 9.64 Å². The summed E-state index contributed by atoms with van der Waals surface area (Å²) in [6, 6.07) is 8.60. The molecule has 0 heterocycles. The second kappa shape index (κ2) is 8.86. The highest BCUT2D eigenvalue weighted by Gasteiger charge is 2.29. The molecule has 1 aromatic rings. The van der Waals surface area contributed by atoms with Crippen molar-refractivity contribution >= 4 is 11.9 Å². The molecule has 2 rings (SSSR count). The highest BCUT2D eigenvalue weighted by Crippen LogP contribution is 2.25. The van der Waals surface area contributed by atoms with Gasteiger partial charge in [0.1, 0.15) is 0 Å². The Morgan fingerprint density at radius 2 is 1.83 bits per heavy atom. The molecule has 24 heavy (non-hydrogen) atoms. The van der Waals surface area contributed by atoms with E-state index < -0.39 is 0 Å². The Kier molecular flexibility index (Phi) is 6.83. The second-order valence-corrected chi connectivity index (χ2v) is 6.89. The minimum atomic E-state index is -0.279. The molecule has 4 heteroatoms. The van der Waals surface area contributed by atoms with Gasteiger partial charge in [0.05, 0.1) is 13.0 Å². The topological polar surface area (TPSA) is 46.6 Å². The van der Waals surface area contributed by atoms with Gasteiger partial charge in [0, 0.05) is 19.0 Å². The summed E-state index contributed by atoms with van der Waals surface area (Å²) in [5.74, 6) is -0.374. The van der Waals surface area contributed by atoms with E-state index in [-0.39, 0.29) is 23.8 Å². The molecule has 0 aliphatic heterocycles. The molecule has 132 valence electrons. The molecule has 0 aromatic heterocycles. The highest BCUT2D eigenvalue weighted by atomic mass is 16.5. The van der Waals surface area contributed by atoms with Crippen LogP contribution in [-0.2, 0) is 20.7 Å². The van der Waals surface area contributed by atoms with E-state index in [0.717, 1.165) is 19.3 Å². The molecule has 1 aliphatic rings. The summed E-state index contributed by atoms with van der Waals surface area (Å²) in [5, 5.41) is 0. The Labute approximate surface area is 145 Å². The fourth-order valence-corrected chi connectivity index (χ4v) is 3.39. The third-order valence-corrected chi connectivity index (χ3v) is 4.91. The van der Waals surface area contributed by atoms with E-state index in [2.05, 4.69) is 31.2 Å². The number of carbonyl (C=O) groups is 2. The molecule has 1 saturated carbocycles. The van der Waals surface area contributed by atoms with Crippen molar-refractivity contribution in [2.45, 2.75) is 58.4 Å². The van der Waals surface area contributed by atoms with Gasteiger partial charge in [0.15, 0.2) is 0 Å². The van der Waals surface area contributed by atoms with Crippen LogP contribution in [0.3, 0.4) is 0 Å². The van der Waals surface area contributed by atoms with E-state index in [1.165, 1.54) is 31.1 Å². The molecule has 1 aromatic carbocycles. The Hall–Kier alpha value is -1.84. The maximum absolute atomic E-state index is 12.8. The number of amides is 1. The van der Waals surface area contributed by atoms with E-state index in [0.29, 0.717) is 13.0 Å². The zero-order valence-corrected chi connectivity index (χ0v) is 15.1. The van der Waals surface area contributed by atoms with Crippen LogP contribution in [0, 0.1) is 12.8 Å². The van der Waals surface area contributed by atoms with Gasteiger partial charge in [-0.2, -0.15) is 0 Å². The first-order valence-electron chi connectivity index (χ1n) is 8.94. The molecule has 1 aliphatic carbocycles. The Bertz CT molecular complexity index is 547. The first-order chi connectivity index (χ1) is 11.5. The summed E-state index contributed by atoms with van der Waals surface area (Å²) in [6.07, 6.45) is 5.66. The van der Waals surface area contributed by atoms with Gasteiger partial charge in [0.25, 0.3) is 0 Å². The molecule has 1 atom stereocenters. The number of esters is 1. The number of methoxy groups -OCH3 is 1. The van der Waals surface area contributed by atoms with Gasteiger partial charge in [0.2, 0.25) is 5.91 Å². The summed E-state index contributed by atoms with van der Waals surface area (Å²) in [6.45, 7) is 4.36. The van der Waals surface area contributed by atoms with Crippen LogP contribution in [0.4, 0.5) is 0 Å². The normalized spacial score (nSPS) is 16.0. The Morgan fingerprint density at radius 3 is 2.42 bits per heavy atom. The minimum absolute atomic E-state index is 0.151. The van der Waals surface area contributed by atoms with Crippen molar-refractivity contribution in [1.29, 1.82) is 0 Å². The van der Waals surface area contributed by atoms with Crippen molar-refractivity contribution in [3.63, 3.8) is 0 Å². The molecule has 0 saturated heterocycles. The van der Waals surface area contributed by atoms with Crippen LogP contribution in [0.1, 0.15) is 50.2 Å². The molecule has 0 radical (unpaired) electrons. The average Bonchev–Trinajstić information content (AvgIpc) is 3.12. The molecular formula is C20H29NO3. The zero-order valence-electron chi connectivity index (χ0n) is 15.1. The van der Waals surface area contributed by atoms with Crippen molar-refractivity contribution in [2.24, 2.45) is 5.92 Å². The summed E-state index contributed by atoms with van der Waals surface area (Å²) in [5.41, 5.74) is 2.41. The third kappa shape index (κ3) is 5.08. The number of rotatable bonds is 7. The van der Waals surface area contributed by atoms with Gasteiger partial charge in [-0.1, -0.05) is 49.6 Å². The van der Waals surface area contributed by atoms with Crippen LogP contribution in [0.25, 0.3) is 0 Å². The van der Waals surface area contributed by atoms with Crippen LogP contribution in [-0.4, -0.2) is 36.5 Å². The van der Waals surface area contributed by atoms with E-state index in [1.807, 2.05) is 11.8 Å². The lowest BCUT2D eigenvalue weighted by Gasteiger charge is -2.31. The molecule has 0 N–H and O–H groups in total. The van der Waals surface area contributed by atoms with Crippen molar-refractivity contribution in [3.8, 4) is 0 Å². The molecular weight excluding hydrogens is 302 g/mol. The Balaban J connectivity index is 1.98. The first-order valence-corrected chi connectivity index (χ1v) is 8.94. The van der Waals surface area contributed by atoms with Gasteiger partial charge in [-0.05, 0) is 31.7 Å². The lowest BCUT2D eigenvalue weighted by atomic mass is 10.0. The monoisotopic (exact) mass is 331 g/mol. The fourth-order valence-electron chi connectivity index (χ4n) is 3.39. The largest absolute Gasteiger partial charge is 0.469 e. The van der Waals surface area contributed by atoms with Crippen molar-refractivity contribution < 1.29 is 14.3 Å². The fraction of sp³-hybridized carbons (Fsp3) is 0.600. The number of hydrogen-bond donors (Lipinski definition) is 0. The summed E-state index contributed by atoms with van der Waals surface area (Å²) in [4.78, 5) is 26.5. The van der Waals surface area contributed by atoms with Crippen LogP contribution < -0.4 is 0 Å². The lowest BCUT2D eigenvalue weighted by molar-refractivity contribution is -0.147. The number of benzene rings is 1. The molecule has 4 nitrogen and oxygen atoms in total. The highest BCUT2D eigenvalue weighted by molar-refractivity contribution is 5.78. The predicted molar refractivity (Wildman–Crippen MR) is 94.6 cm³/mol. The molecule has 0 bridgehead atoms. The number of aryl methyl sites for hydroxylation is 2. The van der Waals surface area contributed by atoms with Crippen LogP contribution >= 0.6 is 0 Å². The predicted octanol–water partition coefficient (Wildman–Crippen LogP) is 3.51. The van der Waals surface area contributed by atoms with Gasteiger partial charge >= 0.3 is 5.97 Å². The second-order valence-electron chi connectivity index (χ2n) is 6.89.